The Labute approximate surface area is 183 Å². The van der Waals surface area contributed by atoms with Crippen molar-refractivity contribution in [3.8, 4) is 0 Å². The summed E-state index contributed by atoms with van der Waals surface area (Å²) in [6.45, 7) is 3.72. The smallest absolute Gasteiger partial charge is 0.299 e. The Morgan fingerprint density at radius 2 is 1.84 bits per heavy atom. The normalized spacial score (nSPS) is 22.5. The van der Waals surface area contributed by atoms with Crippen molar-refractivity contribution in [1.82, 2.24) is 15.2 Å². The zero-order valence-corrected chi connectivity index (χ0v) is 17.9. The minimum atomic E-state index is -0.216. The number of aromatic nitrogens is 1. The third-order valence-electron chi connectivity index (χ3n) is 6.43. The summed E-state index contributed by atoms with van der Waals surface area (Å²) in [4.78, 5) is 22.4. The van der Waals surface area contributed by atoms with Crippen LogP contribution in [0.4, 0.5) is 6.01 Å². The van der Waals surface area contributed by atoms with E-state index in [0.717, 1.165) is 69.4 Å². The molecule has 162 valence electrons. The van der Waals surface area contributed by atoms with E-state index in [9.17, 15) is 4.79 Å². The Hall–Kier alpha value is -2.86. The molecule has 0 radical (unpaired) electrons. The molecule has 1 amide bonds. The largest absolute Gasteiger partial charge is 0.423 e. The molecule has 1 aromatic heterocycles. The van der Waals surface area contributed by atoms with Crippen molar-refractivity contribution in [2.24, 2.45) is 0 Å². The number of nitrogens with one attached hydrogen (secondary N) is 1. The number of likely N-dealkylation sites (tertiary alicyclic amines) is 1. The zero-order chi connectivity index (χ0) is 21.0. The number of amides is 1. The first-order chi connectivity index (χ1) is 15.3. The SMILES string of the molecule is O=C(NC1CCCN(Cc2ccccc2)C1)C1CCCCN1c1nc2ccccc2o1. The molecular weight excluding hydrogens is 388 g/mol. The van der Waals surface area contributed by atoms with Crippen LogP contribution in [0.15, 0.2) is 59.0 Å². The van der Waals surface area contributed by atoms with Crippen LogP contribution in [0.25, 0.3) is 11.1 Å². The second-order valence-electron chi connectivity index (χ2n) is 8.74. The lowest BCUT2D eigenvalue weighted by molar-refractivity contribution is -0.124. The maximum atomic E-state index is 13.3. The van der Waals surface area contributed by atoms with Crippen molar-refractivity contribution < 1.29 is 9.21 Å². The molecule has 6 heteroatoms. The van der Waals surface area contributed by atoms with Crippen LogP contribution in [-0.2, 0) is 11.3 Å². The summed E-state index contributed by atoms with van der Waals surface area (Å²) in [5.74, 6) is 0.105. The number of hydrogen-bond donors (Lipinski definition) is 1. The summed E-state index contributed by atoms with van der Waals surface area (Å²) in [7, 11) is 0. The van der Waals surface area contributed by atoms with Crippen LogP contribution in [0, 0.1) is 0 Å². The number of fused-ring (bicyclic) bond motifs is 1. The average Bonchev–Trinajstić information content (AvgIpc) is 3.24. The van der Waals surface area contributed by atoms with Crippen molar-refractivity contribution in [2.45, 2.75) is 50.7 Å². The van der Waals surface area contributed by atoms with Gasteiger partial charge in [-0.25, -0.2) is 0 Å². The molecular formula is C25H30N4O2. The number of para-hydroxylation sites is 2. The Bertz CT molecular complexity index is 986. The number of piperidine rings is 2. The summed E-state index contributed by atoms with van der Waals surface area (Å²) >= 11 is 0. The second kappa shape index (κ2) is 9.10. The molecule has 31 heavy (non-hydrogen) atoms. The molecule has 0 saturated carbocycles. The summed E-state index contributed by atoms with van der Waals surface area (Å²) in [5, 5.41) is 3.35. The molecule has 2 unspecified atom stereocenters. The maximum absolute atomic E-state index is 13.3. The highest BCUT2D eigenvalue weighted by Crippen LogP contribution is 2.28. The third-order valence-corrected chi connectivity index (χ3v) is 6.43. The van der Waals surface area contributed by atoms with E-state index in [1.807, 2.05) is 24.3 Å². The van der Waals surface area contributed by atoms with Crippen molar-refractivity contribution in [2.75, 3.05) is 24.5 Å². The van der Waals surface area contributed by atoms with Gasteiger partial charge in [-0.2, -0.15) is 4.98 Å². The maximum Gasteiger partial charge on any atom is 0.299 e. The van der Waals surface area contributed by atoms with Crippen LogP contribution in [0.2, 0.25) is 0 Å². The third kappa shape index (κ3) is 4.59. The van der Waals surface area contributed by atoms with E-state index in [4.69, 9.17) is 4.42 Å². The van der Waals surface area contributed by atoms with Gasteiger partial charge in [0.2, 0.25) is 5.91 Å². The summed E-state index contributed by atoms with van der Waals surface area (Å²) < 4.78 is 5.99. The number of hydrogen-bond acceptors (Lipinski definition) is 5. The van der Waals surface area contributed by atoms with Gasteiger partial charge >= 0.3 is 0 Å². The average molecular weight is 419 g/mol. The molecule has 3 aromatic rings. The van der Waals surface area contributed by atoms with Crippen LogP contribution < -0.4 is 10.2 Å². The van der Waals surface area contributed by atoms with Gasteiger partial charge in [0, 0.05) is 25.7 Å². The molecule has 2 aromatic carbocycles. The number of rotatable bonds is 5. The standard InChI is InChI=1S/C25H30N4O2/c30-24(26-20-11-8-15-28(18-20)17-19-9-2-1-3-10-19)22-13-6-7-16-29(22)25-27-21-12-4-5-14-23(21)31-25/h1-5,9-10,12,14,20,22H,6-8,11,13,15-18H2,(H,26,30). The quantitative estimate of drug-likeness (QED) is 0.679. The lowest BCUT2D eigenvalue weighted by Crippen LogP contribution is -2.55. The van der Waals surface area contributed by atoms with Gasteiger partial charge in [-0.1, -0.05) is 42.5 Å². The van der Waals surface area contributed by atoms with Gasteiger partial charge in [0.15, 0.2) is 5.58 Å². The molecule has 0 bridgehead atoms. The predicted molar refractivity (Wildman–Crippen MR) is 122 cm³/mol. The van der Waals surface area contributed by atoms with E-state index in [2.05, 4.69) is 50.4 Å². The minimum Gasteiger partial charge on any atom is -0.423 e. The number of benzene rings is 2. The fourth-order valence-electron chi connectivity index (χ4n) is 4.87. The molecule has 2 aliphatic rings. The first kappa shape index (κ1) is 20.1. The fourth-order valence-corrected chi connectivity index (χ4v) is 4.87. The van der Waals surface area contributed by atoms with E-state index in [1.54, 1.807) is 0 Å². The summed E-state index contributed by atoms with van der Waals surface area (Å²) in [5.41, 5.74) is 2.93. The summed E-state index contributed by atoms with van der Waals surface area (Å²) in [6, 6.07) is 18.9. The highest BCUT2D eigenvalue weighted by molar-refractivity contribution is 5.85. The first-order valence-electron chi connectivity index (χ1n) is 11.4. The molecule has 0 spiro atoms. The molecule has 1 N–H and O–H groups in total. The number of oxazole rings is 1. The molecule has 2 atom stereocenters. The topological polar surface area (TPSA) is 61.6 Å². The molecule has 2 aliphatic heterocycles. The lowest BCUT2D eigenvalue weighted by Gasteiger charge is -2.37. The van der Waals surface area contributed by atoms with Gasteiger partial charge in [0.25, 0.3) is 6.01 Å². The number of carbonyl (C=O) groups excluding carboxylic acids is 1. The molecule has 2 saturated heterocycles. The van der Waals surface area contributed by atoms with E-state index in [-0.39, 0.29) is 18.0 Å². The Balaban J connectivity index is 1.25. The Morgan fingerprint density at radius 1 is 1.00 bits per heavy atom. The second-order valence-corrected chi connectivity index (χ2v) is 8.74. The Morgan fingerprint density at radius 3 is 2.71 bits per heavy atom. The van der Waals surface area contributed by atoms with Crippen molar-refractivity contribution in [3.63, 3.8) is 0 Å². The van der Waals surface area contributed by atoms with Gasteiger partial charge in [-0.05, 0) is 56.3 Å². The molecule has 0 aliphatic carbocycles. The van der Waals surface area contributed by atoms with E-state index < -0.39 is 0 Å². The highest BCUT2D eigenvalue weighted by Gasteiger charge is 2.33. The van der Waals surface area contributed by atoms with Gasteiger partial charge < -0.3 is 14.6 Å². The molecule has 2 fully saturated rings. The lowest BCUT2D eigenvalue weighted by atomic mass is 10.00. The van der Waals surface area contributed by atoms with Crippen LogP contribution in [0.5, 0.6) is 0 Å². The Kier molecular flexibility index (Phi) is 5.89. The summed E-state index contributed by atoms with van der Waals surface area (Å²) in [6.07, 6.45) is 5.09. The van der Waals surface area contributed by atoms with Crippen LogP contribution in [0.3, 0.4) is 0 Å². The van der Waals surface area contributed by atoms with Gasteiger partial charge in [-0.3, -0.25) is 9.69 Å². The molecule has 3 heterocycles. The van der Waals surface area contributed by atoms with Gasteiger partial charge in [0.1, 0.15) is 11.6 Å². The zero-order valence-electron chi connectivity index (χ0n) is 17.9. The van der Waals surface area contributed by atoms with Crippen molar-refractivity contribution in [1.29, 1.82) is 0 Å². The van der Waals surface area contributed by atoms with Crippen LogP contribution in [-0.4, -0.2) is 47.5 Å². The van der Waals surface area contributed by atoms with Crippen LogP contribution >= 0.6 is 0 Å². The van der Waals surface area contributed by atoms with Crippen LogP contribution in [0.1, 0.15) is 37.7 Å². The molecule has 6 nitrogen and oxygen atoms in total. The van der Waals surface area contributed by atoms with Gasteiger partial charge in [-0.15, -0.1) is 0 Å². The number of nitrogens with zero attached hydrogens (tertiary/aromatic N) is 3. The molecule has 5 rings (SSSR count). The number of anilines is 1. The fraction of sp³-hybridized carbons (Fsp3) is 0.440. The van der Waals surface area contributed by atoms with E-state index in [0.29, 0.717) is 6.01 Å². The van der Waals surface area contributed by atoms with E-state index in [1.165, 1.54) is 5.56 Å². The first-order valence-corrected chi connectivity index (χ1v) is 11.4. The monoisotopic (exact) mass is 418 g/mol. The highest BCUT2D eigenvalue weighted by atomic mass is 16.4. The predicted octanol–water partition coefficient (Wildman–Crippen LogP) is 3.97. The number of carbonyl (C=O) groups is 1. The van der Waals surface area contributed by atoms with Crippen molar-refractivity contribution >= 4 is 23.0 Å². The minimum absolute atomic E-state index is 0.105. The van der Waals surface area contributed by atoms with Crippen molar-refractivity contribution in [3.05, 3.63) is 60.2 Å². The van der Waals surface area contributed by atoms with Gasteiger partial charge in [0.05, 0.1) is 0 Å². The van der Waals surface area contributed by atoms with E-state index >= 15 is 0 Å².